The highest BCUT2D eigenvalue weighted by atomic mass is 16.6. The number of nitrogens with zero attached hydrogens (tertiary/aromatic N) is 5. The van der Waals surface area contributed by atoms with Gasteiger partial charge in [-0.25, -0.2) is 0 Å². The molecule has 0 saturated heterocycles. The van der Waals surface area contributed by atoms with E-state index in [1.54, 1.807) is 55.2 Å². The molecular formula is C22H21N7O3. The Balaban J connectivity index is 1.47. The van der Waals surface area contributed by atoms with Gasteiger partial charge in [-0.15, -0.1) is 0 Å². The van der Waals surface area contributed by atoms with Crippen molar-refractivity contribution < 1.29 is 9.72 Å². The molecule has 10 nitrogen and oxygen atoms in total. The van der Waals surface area contributed by atoms with Crippen molar-refractivity contribution in [2.45, 2.75) is 27.3 Å². The highest BCUT2D eigenvalue weighted by Gasteiger charge is 2.21. The minimum Gasteiger partial charge on any atom is -0.305 e. The molecule has 4 rings (SSSR count). The van der Waals surface area contributed by atoms with Crippen molar-refractivity contribution in [3.05, 3.63) is 87.0 Å². The van der Waals surface area contributed by atoms with Crippen LogP contribution in [0.1, 0.15) is 32.9 Å². The van der Waals surface area contributed by atoms with Gasteiger partial charge < -0.3 is 5.32 Å². The number of hydrogen-bond acceptors (Lipinski definition) is 6. The third kappa shape index (κ3) is 3.97. The van der Waals surface area contributed by atoms with Gasteiger partial charge in [0.25, 0.3) is 5.91 Å². The van der Waals surface area contributed by atoms with Crippen LogP contribution < -0.4 is 5.32 Å². The fraction of sp³-hybridized carbons (Fsp3) is 0.182. The predicted octanol–water partition coefficient (Wildman–Crippen LogP) is 3.80. The monoisotopic (exact) mass is 431 g/mol. The number of carbonyl (C=O) groups excluding carboxylic acids is 1. The van der Waals surface area contributed by atoms with Crippen LogP contribution in [0, 0.1) is 30.9 Å². The van der Waals surface area contributed by atoms with Gasteiger partial charge in [-0.1, -0.05) is 12.1 Å². The van der Waals surface area contributed by atoms with Crippen LogP contribution in [0.15, 0.2) is 48.8 Å². The summed E-state index contributed by atoms with van der Waals surface area (Å²) in [6.45, 7) is 5.54. The van der Waals surface area contributed by atoms with E-state index in [1.807, 2.05) is 19.1 Å². The maximum absolute atomic E-state index is 12.7. The average molecular weight is 431 g/mol. The van der Waals surface area contributed by atoms with Crippen molar-refractivity contribution in [1.82, 2.24) is 25.0 Å². The smallest absolute Gasteiger partial charge is 0.305 e. The van der Waals surface area contributed by atoms with E-state index in [0.717, 1.165) is 22.4 Å². The molecule has 162 valence electrons. The van der Waals surface area contributed by atoms with Gasteiger partial charge in [-0.2, -0.15) is 10.2 Å². The Bertz CT molecular complexity index is 1290. The van der Waals surface area contributed by atoms with Crippen LogP contribution in [0.25, 0.3) is 11.3 Å². The number of amides is 1. The van der Waals surface area contributed by atoms with E-state index in [-0.39, 0.29) is 11.6 Å². The number of aryl methyl sites for hydroxylation is 1. The summed E-state index contributed by atoms with van der Waals surface area (Å²) in [7, 11) is 0. The third-order valence-corrected chi connectivity index (χ3v) is 5.28. The van der Waals surface area contributed by atoms with E-state index in [1.165, 1.54) is 0 Å². The maximum atomic E-state index is 12.7. The number of anilines is 1. The van der Waals surface area contributed by atoms with Crippen molar-refractivity contribution in [2.24, 2.45) is 0 Å². The first-order valence-corrected chi connectivity index (χ1v) is 9.89. The molecule has 3 heterocycles. The normalized spacial score (nSPS) is 10.8. The molecule has 1 amide bonds. The van der Waals surface area contributed by atoms with E-state index in [0.29, 0.717) is 29.3 Å². The highest BCUT2D eigenvalue weighted by molar-refractivity contribution is 6.04. The van der Waals surface area contributed by atoms with Gasteiger partial charge in [0.05, 0.1) is 17.2 Å². The third-order valence-electron chi connectivity index (χ3n) is 5.28. The molecule has 0 fully saturated rings. The first kappa shape index (κ1) is 20.9. The lowest BCUT2D eigenvalue weighted by Gasteiger charge is -2.07. The quantitative estimate of drug-likeness (QED) is 0.352. The Labute approximate surface area is 183 Å². The number of aromatic amines is 1. The number of rotatable bonds is 6. The zero-order valence-corrected chi connectivity index (χ0v) is 17.8. The van der Waals surface area contributed by atoms with Crippen LogP contribution in [-0.4, -0.2) is 35.8 Å². The minimum absolute atomic E-state index is 0.0292. The van der Waals surface area contributed by atoms with Gasteiger partial charge >= 0.3 is 5.69 Å². The molecule has 0 bridgehead atoms. The number of carbonyl (C=O) groups is 1. The van der Waals surface area contributed by atoms with Crippen molar-refractivity contribution in [1.29, 1.82) is 0 Å². The van der Waals surface area contributed by atoms with E-state index in [4.69, 9.17) is 0 Å². The molecule has 0 aliphatic rings. The number of nitrogens with one attached hydrogen (secondary N) is 2. The van der Waals surface area contributed by atoms with Gasteiger partial charge in [-0.3, -0.25) is 29.7 Å². The van der Waals surface area contributed by atoms with Crippen molar-refractivity contribution >= 4 is 17.4 Å². The van der Waals surface area contributed by atoms with Crippen LogP contribution >= 0.6 is 0 Å². The molecular weight excluding hydrogens is 410 g/mol. The summed E-state index contributed by atoms with van der Waals surface area (Å²) < 4.78 is 1.59. The van der Waals surface area contributed by atoms with Crippen molar-refractivity contribution in [2.75, 3.05) is 5.32 Å². The molecule has 0 aliphatic heterocycles. The highest BCUT2D eigenvalue weighted by Crippen LogP contribution is 2.26. The van der Waals surface area contributed by atoms with Crippen LogP contribution in [0.2, 0.25) is 0 Å². The summed E-state index contributed by atoms with van der Waals surface area (Å²) in [6, 6.07) is 10.7. The van der Waals surface area contributed by atoms with Crippen LogP contribution in [0.5, 0.6) is 0 Å². The van der Waals surface area contributed by atoms with E-state index in [2.05, 4.69) is 25.6 Å². The molecule has 0 saturated carbocycles. The number of benzene rings is 1. The molecule has 4 aromatic rings. The SMILES string of the molecule is Cc1nn(Cc2ccc(C(=O)Nc3n[nH]c(-c4ccncc4)c3C)cc2)c(C)c1[N+](=O)[O-]. The van der Waals surface area contributed by atoms with Crippen LogP contribution in [-0.2, 0) is 6.54 Å². The number of aromatic nitrogens is 5. The fourth-order valence-electron chi connectivity index (χ4n) is 3.54. The topological polar surface area (TPSA) is 132 Å². The average Bonchev–Trinajstić information content (AvgIpc) is 3.27. The molecule has 10 heteroatoms. The first-order chi connectivity index (χ1) is 15.3. The Hall–Kier alpha value is -4.34. The van der Waals surface area contributed by atoms with Gasteiger partial charge in [0.15, 0.2) is 5.82 Å². The second-order valence-corrected chi connectivity index (χ2v) is 7.39. The summed E-state index contributed by atoms with van der Waals surface area (Å²) in [5.74, 6) is 0.176. The van der Waals surface area contributed by atoms with Crippen molar-refractivity contribution in [3.8, 4) is 11.3 Å². The Morgan fingerprint density at radius 1 is 1.12 bits per heavy atom. The molecule has 0 atom stereocenters. The summed E-state index contributed by atoms with van der Waals surface area (Å²) in [5, 5.41) is 25.4. The first-order valence-electron chi connectivity index (χ1n) is 9.89. The molecule has 0 radical (unpaired) electrons. The van der Waals surface area contributed by atoms with Gasteiger partial charge in [-0.05, 0) is 50.6 Å². The van der Waals surface area contributed by atoms with Gasteiger partial charge in [0.1, 0.15) is 11.4 Å². The fourth-order valence-corrected chi connectivity index (χ4v) is 3.54. The molecule has 0 unspecified atom stereocenters. The molecule has 1 aromatic carbocycles. The number of hydrogen-bond donors (Lipinski definition) is 2. The number of pyridine rings is 1. The van der Waals surface area contributed by atoms with Gasteiger partial charge in [0.2, 0.25) is 0 Å². The Morgan fingerprint density at radius 3 is 2.44 bits per heavy atom. The Morgan fingerprint density at radius 2 is 1.81 bits per heavy atom. The lowest BCUT2D eigenvalue weighted by molar-refractivity contribution is -0.386. The zero-order chi connectivity index (χ0) is 22.8. The number of H-pyrrole nitrogens is 1. The van der Waals surface area contributed by atoms with Crippen LogP contribution in [0.4, 0.5) is 11.5 Å². The summed E-state index contributed by atoms with van der Waals surface area (Å²) in [6.07, 6.45) is 3.39. The number of nitro groups is 1. The van der Waals surface area contributed by atoms with Crippen molar-refractivity contribution in [3.63, 3.8) is 0 Å². The lowest BCUT2D eigenvalue weighted by Crippen LogP contribution is -2.13. The predicted molar refractivity (Wildman–Crippen MR) is 118 cm³/mol. The largest absolute Gasteiger partial charge is 0.312 e. The van der Waals surface area contributed by atoms with E-state index in [9.17, 15) is 14.9 Å². The zero-order valence-electron chi connectivity index (χ0n) is 17.8. The molecule has 0 spiro atoms. The van der Waals surface area contributed by atoms with Crippen LogP contribution in [0.3, 0.4) is 0 Å². The minimum atomic E-state index is -0.418. The maximum Gasteiger partial charge on any atom is 0.312 e. The summed E-state index contributed by atoms with van der Waals surface area (Å²) >= 11 is 0. The lowest BCUT2D eigenvalue weighted by atomic mass is 10.1. The second-order valence-electron chi connectivity index (χ2n) is 7.39. The summed E-state index contributed by atoms with van der Waals surface area (Å²) in [5.41, 5.74) is 4.82. The second kappa shape index (κ2) is 8.42. The molecule has 3 aromatic heterocycles. The van der Waals surface area contributed by atoms with E-state index >= 15 is 0 Å². The standard InChI is InChI=1S/C22H21N7O3/c1-13-19(17-8-10-23-11-9-17)25-26-21(13)24-22(30)18-6-4-16(5-7-18)12-28-15(3)20(29(31)32)14(2)27-28/h4-11H,12H2,1-3H3,(H2,24,25,26,30). The molecule has 0 aliphatic carbocycles. The molecule has 2 N–H and O–H groups in total. The van der Waals surface area contributed by atoms with Gasteiger partial charge in [0, 0.05) is 29.1 Å². The Kier molecular flexibility index (Phi) is 5.50. The van der Waals surface area contributed by atoms with E-state index < -0.39 is 4.92 Å². The molecule has 32 heavy (non-hydrogen) atoms. The summed E-state index contributed by atoms with van der Waals surface area (Å²) in [4.78, 5) is 27.5.